The molecule has 2 aliphatic heterocycles. The van der Waals surface area contributed by atoms with E-state index in [1.807, 2.05) is 0 Å². The zero-order valence-corrected chi connectivity index (χ0v) is 11.7. The molecule has 0 radical (unpaired) electrons. The van der Waals surface area contributed by atoms with Crippen molar-refractivity contribution in [2.45, 2.75) is 25.3 Å². The van der Waals surface area contributed by atoms with E-state index < -0.39 is 0 Å². The van der Waals surface area contributed by atoms with E-state index in [9.17, 15) is 0 Å². The van der Waals surface area contributed by atoms with Crippen LogP contribution in [0, 0.1) is 0 Å². The molecule has 3 N–H and O–H groups in total. The van der Waals surface area contributed by atoms with Crippen LogP contribution in [-0.4, -0.2) is 59.2 Å². The summed E-state index contributed by atoms with van der Waals surface area (Å²) in [6.45, 7) is 4.28. The van der Waals surface area contributed by atoms with Gasteiger partial charge in [-0.3, -0.25) is 10.3 Å². The first kappa shape index (κ1) is 13.3. The monoisotopic (exact) mass is 279 g/mol. The first-order valence-electron chi connectivity index (χ1n) is 7.06. The molecule has 0 aromatic carbocycles. The zero-order chi connectivity index (χ0) is 13.9. The summed E-state index contributed by atoms with van der Waals surface area (Å²) in [5.41, 5.74) is 2.46. The number of nitrogen functional groups attached to an aromatic ring is 1. The van der Waals surface area contributed by atoms with Gasteiger partial charge in [0, 0.05) is 25.7 Å². The standard InChI is InChI=1S/C12H21N7O/c1-20-12-15-10(17-13)14-11(16-12)19-7-3-6-18-5-2-4-9(18)8-19/h9H,2-8,13H2,1H3,(H,14,15,16,17). The molecule has 1 unspecified atom stereocenters. The molecule has 0 amide bonds. The van der Waals surface area contributed by atoms with Gasteiger partial charge >= 0.3 is 6.01 Å². The number of ether oxygens (including phenoxy) is 1. The third kappa shape index (κ3) is 2.61. The number of fused-ring (bicyclic) bond motifs is 1. The first-order valence-corrected chi connectivity index (χ1v) is 7.06. The van der Waals surface area contributed by atoms with E-state index in [0.717, 1.165) is 26.1 Å². The van der Waals surface area contributed by atoms with E-state index in [4.69, 9.17) is 10.6 Å². The summed E-state index contributed by atoms with van der Waals surface area (Å²) in [7, 11) is 1.54. The molecule has 0 aliphatic carbocycles. The van der Waals surface area contributed by atoms with Crippen LogP contribution in [-0.2, 0) is 0 Å². The molecule has 0 spiro atoms. The Kier molecular flexibility index (Phi) is 3.83. The fourth-order valence-electron chi connectivity index (χ4n) is 3.03. The maximum absolute atomic E-state index is 5.40. The number of hydrogen-bond donors (Lipinski definition) is 2. The molecule has 110 valence electrons. The molecule has 1 aromatic rings. The fraction of sp³-hybridized carbons (Fsp3) is 0.750. The second-order valence-electron chi connectivity index (χ2n) is 5.22. The lowest BCUT2D eigenvalue weighted by atomic mass is 10.2. The molecule has 2 fully saturated rings. The SMILES string of the molecule is COc1nc(NN)nc(N2CCCN3CCCC3C2)n1. The van der Waals surface area contributed by atoms with Gasteiger partial charge in [0.1, 0.15) is 0 Å². The van der Waals surface area contributed by atoms with Crippen LogP contribution < -0.4 is 20.9 Å². The Balaban J connectivity index is 1.83. The van der Waals surface area contributed by atoms with Crippen LogP contribution in [0.3, 0.4) is 0 Å². The van der Waals surface area contributed by atoms with Crippen molar-refractivity contribution in [1.29, 1.82) is 0 Å². The molecule has 1 aromatic heterocycles. The second-order valence-corrected chi connectivity index (χ2v) is 5.22. The molecule has 3 heterocycles. The molecule has 0 saturated carbocycles. The number of hydrogen-bond acceptors (Lipinski definition) is 8. The average Bonchev–Trinajstić information content (AvgIpc) is 2.83. The third-order valence-corrected chi connectivity index (χ3v) is 4.00. The highest BCUT2D eigenvalue weighted by atomic mass is 16.5. The van der Waals surface area contributed by atoms with Crippen molar-refractivity contribution >= 4 is 11.9 Å². The van der Waals surface area contributed by atoms with Crippen molar-refractivity contribution in [3.63, 3.8) is 0 Å². The minimum atomic E-state index is 0.287. The van der Waals surface area contributed by atoms with Crippen molar-refractivity contribution < 1.29 is 4.74 Å². The van der Waals surface area contributed by atoms with Gasteiger partial charge in [-0.25, -0.2) is 5.84 Å². The maximum atomic E-state index is 5.40. The molecule has 8 nitrogen and oxygen atoms in total. The van der Waals surface area contributed by atoms with E-state index in [1.54, 1.807) is 7.11 Å². The van der Waals surface area contributed by atoms with Crippen molar-refractivity contribution in [2.24, 2.45) is 5.84 Å². The van der Waals surface area contributed by atoms with Gasteiger partial charge in [-0.2, -0.15) is 15.0 Å². The fourth-order valence-corrected chi connectivity index (χ4v) is 3.03. The number of rotatable bonds is 3. The van der Waals surface area contributed by atoms with Crippen LogP contribution in [0.2, 0.25) is 0 Å². The lowest BCUT2D eigenvalue weighted by Gasteiger charge is -2.25. The number of hydrazine groups is 1. The maximum Gasteiger partial charge on any atom is 0.322 e. The summed E-state index contributed by atoms with van der Waals surface area (Å²) in [6, 6.07) is 0.894. The molecule has 1 atom stereocenters. The molecule has 2 aliphatic rings. The molecule has 8 heteroatoms. The van der Waals surface area contributed by atoms with E-state index >= 15 is 0 Å². The van der Waals surface area contributed by atoms with E-state index in [-0.39, 0.29) is 6.01 Å². The van der Waals surface area contributed by atoms with Crippen LogP contribution in [0.5, 0.6) is 6.01 Å². The summed E-state index contributed by atoms with van der Waals surface area (Å²) >= 11 is 0. The van der Waals surface area contributed by atoms with Gasteiger partial charge in [-0.15, -0.1) is 0 Å². The van der Waals surface area contributed by atoms with E-state index in [1.165, 1.54) is 19.4 Å². The Morgan fingerprint density at radius 2 is 2.05 bits per heavy atom. The molecular formula is C12H21N7O. The van der Waals surface area contributed by atoms with Crippen molar-refractivity contribution in [2.75, 3.05) is 43.6 Å². The quantitative estimate of drug-likeness (QED) is 0.582. The molecule has 20 heavy (non-hydrogen) atoms. The minimum absolute atomic E-state index is 0.287. The number of nitrogens with two attached hydrogens (primary N) is 1. The highest BCUT2D eigenvalue weighted by Crippen LogP contribution is 2.24. The highest BCUT2D eigenvalue weighted by Gasteiger charge is 2.30. The van der Waals surface area contributed by atoms with Crippen LogP contribution >= 0.6 is 0 Å². The summed E-state index contributed by atoms with van der Waals surface area (Å²) < 4.78 is 5.11. The summed E-state index contributed by atoms with van der Waals surface area (Å²) in [5, 5.41) is 0. The highest BCUT2D eigenvalue weighted by molar-refractivity contribution is 5.38. The van der Waals surface area contributed by atoms with Gasteiger partial charge in [0.2, 0.25) is 11.9 Å². The predicted octanol–water partition coefficient (Wildman–Crippen LogP) is -0.160. The van der Waals surface area contributed by atoms with E-state index in [0.29, 0.717) is 17.9 Å². The number of methoxy groups -OCH3 is 1. The minimum Gasteiger partial charge on any atom is -0.467 e. The van der Waals surface area contributed by atoms with Gasteiger partial charge in [-0.1, -0.05) is 0 Å². The Labute approximate surface area is 118 Å². The Bertz CT molecular complexity index is 447. The number of anilines is 2. The predicted molar refractivity (Wildman–Crippen MR) is 75.6 cm³/mol. The number of aromatic nitrogens is 3. The summed E-state index contributed by atoms with van der Waals surface area (Å²) in [6.07, 6.45) is 3.66. The number of nitrogens with zero attached hydrogens (tertiary/aromatic N) is 5. The van der Waals surface area contributed by atoms with Crippen LogP contribution in [0.1, 0.15) is 19.3 Å². The average molecular weight is 279 g/mol. The molecule has 2 saturated heterocycles. The largest absolute Gasteiger partial charge is 0.467 e. The van der Waals surface area contributed by atoms with Gasteiger partial charge in [0.05, 0.1) is 7.11 Å². The van der Waals surface area contributed by atoms with E-state index in [2.05, 4.69) is 30.2 Å². The normalized spacial score (nSPS) is 23.3. The molecule has 0 bridgehead atoms. The lowest BCUT2D eigenvalue weighted by Crippen LogP contribution is -2.37. The summed E-state index contributed by atoms with van der Waals surface area (Å²) in [4.78, 5) is 17.5. The lowest BCUT2D eigenvalue weighted by molar-refractivity contribution is 0.273. The van der Waals surface area contributed by atoms with Crippen LogP contribution in [0.15, 0.2) is 0 Å². The van der Waals surface area contributed by atoms with Crippen LogP contribution in [0.25, 0.3) is 0 Å². The smallest absolute Gasteiger partial charge is 0.322 e. The Morgan fingerprint density at radius 3 is 2.85 bits per heavy atom. The summed E-state index contributed by atoms with van der Waals surface area (Å²) in [5.74, 6) is 6.37. The van der Waals surface area contributed by atoms with Gasteiger partial charge < -0.3 is 9.64 Å². The van der Waals surface area contributed by atoms with Crippen molar-refractivity contribution in [1.82, 2.24) is 19.9 Å². The van der Waals surface area contributed by atoms with Crippen molar-refractivity contribution in [3.05, 3.63) is 0 Å². The second kappa shape index (κ2) is 5.76. The van der Waals surface area contributed by atoms with Gasteiger partial charge in [0.25, 0.3) is 0 Å². The van der Waals surface area contributed by atoms with Crippen molar-refractivity contribution in [3.8, 4) is 6.01 Å². The number of nitrogens with one attached hydrogen (secondary N) is 1. The Hall–Kier alpha value is -1.67. The van der Waals surface area contributed by atoms with Gasteiger partial charge in [-0.05, 0) is 25.8 Å². The molecular weight excluding hydrogens is 258 g/mol. The Morgan fingerprint density at radius 1 is 1.20 bits per heavy atom. The first-order chi connectivity index (χ1) is 9.80. The molecule has 3 rings (SSSR count). The van der Waals surface area contributed by atoms with Gasteiger partial charge in [0.15, 0.2) is 0 Å². The van der Waals surface area contributed by atoms with Crippen LogP contribution in [0.4, 0.5) is 11.9 Å². The third-order valence-electron chi connectivity index (χ3n) is 4.00. The topological polar surface area (TPSA) is 92.4 Å². The zero-order valence-electron chi connectivity index (χ0n) is 11.7.